The second kappa shape index (κ2) is 6.29. The molecule has 1 saturated heterocycles. The maximum atomic E-state index is 12.1. The number of carbonyl (C=O) groups excluding carboxylic acids is 1. The largest absolute Gasteiger partial charge is 0.353 e. The third-order valence-electron chi connectivity index (χ3n) is 4.05. The molecule has 0 radical (unpaired) electrons. The maximum absolute atomic E-state index is 12.1. The summed E-state index contributed by atoms with van der Waals surface area (Å²) in [5.41, 5.74) is 0.504. The summed E-state index contributed by atoms with van der Waals surface area (Å²) in [5.74, 6) is 0.0111. The molecule has 2 unspecified atom stereocenters. The predicted octanol–water partition coefficient (Wildman–Crippen LogP) is -0.0182. The Hall–Kier alpha value is -1.93. The van der Waals surface area contributed by atoms with Gasteiger partial charge in [-0.05, 0) is 38.4 Å². The van der Waals surface area contributed by atoms with Crippen LogP contribution >= 0.6 is 0 Å². The third kappa shape index (κ3) is 3.37. The molecule has 2 aliphatic rings. The smallest absolute Gasteiger partial charge is 0.263 e. The molecule has 0 aromatic heterocycles. The molecule has 23 heavy (non-hydrogen) atoms. The highest BCUT2D eigenvalue weighted by Crippen LogP contribution is 2.22. The second-order valence-corrected chi connectivity index (χ2v) is 7.44. The molecule has 0 bridgehead atoms. The van der Waals surface area contributed by atoms with E-state index >= 15 is 0 Å². The summed E-state index contributed by atoms with van der Waals surface area (Å²) >= 11 is 0. The minimum atomic E-state index is -3.57. The standard InChI is InChI=1S/C15H20N4O3S/c1-10(15(20)17-9-11-5-4-8-16-11)18-14-12-6-2-3-7-13(12)23(21,22)19-14/h2-3,6-7,10-11,16H,4-5,8-9H2,1H3,(H,17,20)(H,18,19). The van der Waals surface area contributed by atoms with Crippen molar-refractivity contribution in [2.75, 3.05) is 13.1 Å². The summed E-state index contributed by atoms with van der Waals surface area (Å²) in [7, 11) is -3.57. The Bertz CT molecular complexity index is 739. The van der Waals surface area contributed by atoms with Crippen LogP contribution in [0.4, 0.5) is 0 Å². The molecule has 7 nitrogen and oxygen atoms in total. The molecule has 1 fully saturated rings. The van der Waals surface area contributed by atoms with Crippen molar-refractivity contribution in [3.05, 3.63) is 29.8 Å². The topological polar surface area (TPSA) is 99.7 Å². The van der Waals surface area contributed by atoms with E-state index in [1.807, 2.05) is 0 Å². The molecule has 2 aliphatic heterocycles. The average Bonchev–Trinajstić information content (AvgIpc) is 3.12. The van der Waals surface area contributed by atoms with Crippen molar-refractivity contribution >= 4 is 21.8 Å². The van der Waals surface area contributed by atoms with Crippen LogP contribution in [0.25, 0.3) is 0 Å². The molecule has 3 rings (SSSR count). The average molecular weight is 336 g/mol. The van der Waals surface area contributed by atoms with E-state index in [4.69, 9.17) is 0 Å². The summed E-state index contributed by atoms with van der Waals surface area (Å²) in [6, 6.07) is 6.25. The number of sulfonamides is 1. The minimum Gasteiger partial charge on any atom is -0.353 e. The Labute approximate surface area is 135 Å². The van der Waals surface area contributed by atoms with E-state index < -0.39 is 16.1 Å². The Morgan fingerprint density at radius 1 is 1.43 bits per heavy atom. The lowest BCUT2D eigenvalue weighted by molar-refractivity contribution is -0.122. The predicted molar refractivity (Wildman–Crippen MR) is 86.8 cm³/mol. The van der Waals surface area contributed by atoms with Gasteiger partial charge in [-0.3, -0.25) is 14.5 Å². The van der Waals surface area contributed by atoms with Gasteiger partial charge in [0.1, 0.15) is 11.9 Å². The van der Waals surface area contributed by atoms with Gasteiger partial charge >= 0.3 is 0 Å². The molecule has 1 aromatic rings. The van der Waals surface area contributed by atoms with Crippen LogP contribution in [0, 0.1) is 0 Å². The SMILES string of the molecule is CC(N=C1NS(=O)(=O)c2ccccc21)C(=O)NCC1CCCN1. The summed E-state index contributed by atoms with van der Waals surface area (Å²) in [6.45, 7) is 3.20. The molecule has 3 N–H and O–H groups in total. The van der Waals surface area contributed by atoms with Crippen molar-refractivity contribution in [2.45, 2.75) is 36.7 Å². The van der Waals surface area contributed by atoms with Gasteiger partial charge < -0.3 is 10.6 Å². The van der Waals surface area contributed by atoms with Gasteiger partial charge in [-0.2, -0.15) is 0 Å². The van der Waals surface area contributed by atoms with Gasteiger partial charge in [0.05, 0.1) is 4.90 Å². The first kappa shape index (κ1) is 15.9. The summed E-state index contributed by atoms with van der Waals surface area (Å²) in [4.78, 5) is 16.6. The summed E-state index contributed by atoms with van der Waals surface area (Å²) in [5, 5.41) is 6.16. The zero-order valence-corrected chi connectivity index (χ0v) is 13.7. The summed E-state index contributed by atoms with van der Waals surface area (Å²) < 4.78 is 26.4. The van der Waals surface area contributed by atoms with Gasteiger partial charge in [0.2, 0.25) is 5.91 Å². The lowest BCUT2D eigenvalue weighted by atomic mass is 10.2. The number of hydrogen-bond donors (Lipinski definition) is 3. The first-order chi connectivity index (χ1) is 11.0. The highest BCUT2D eigenvalue weighted by molar-refractivity contribution is 7.90. The van der Waals surface area contributed by atoms with Crippen LogP contribution in [-0.2, 0) is 14.8 Å². The highest BCUT2D eigenvalue weighted by Gasteiger charge is 2.31. The molecule has 1 aromatic carbocycles. The van der Waals surface area contributed by atoms with E-state index in [1.165, 1.54) is 6.07 Å². The van der Waals surface area contributed by atoms with Crippen LogP contribution < -0.4 is 15.4 Å². The van der Waals surface area contributed by atoms with Crippen LogP contribution in [0.5, 0.6) is 0 Å². The molecule has 0 spiro atoms. The van der Waals surface area contributed by atoms with Crippen molar-refractivity contribution < 1.29 is 13.2 Å². The fourth-order valence-electron chi connectivity index (χ4n) is 2.78. The molecule has 2 heterocycles. The summed E-state index contributed by atoms with van der Waals surface area (Å²) in [6.07, 6.45) is 2.17. The van der Waals surface area contributed by atoms with Gasteiger partial charge in [0.15, 0.2) is 0 Å². The molecule has 0 aliphatic carbocycles. The molecule has 0 saturated carbocycles. The Morgan fingerprint density at radius 3 is 2.96 bits per heavy atom. The van der Waals surface area contributed by atoms with Crippen molar-refractivity contribution in [2.24, 2.45) is 4.99 Å². The lowest BCUT2D eigenvalue weighted by Gasteiger charge is -2.13. The van der Waals surface area contributed by atoms with E-state index in [2.05, 4.69) is 20.3 Å². The van der Waals surface area contributed by atoms with Crippen molar-refractivity contribution in [1.29, 1.82) is 0 Å². The molecule has 1 amide bonds. The lowest BCUT2D eigenvalue weighted by Crippen LogP contribution is -2.41. The number of aliphatic imine (C=N–C) groups is 1. The van der Waals surface area contributed by atoms with Gasteiger partial charge in [-0.15, -0.1) is 0 Å². The van der Waals surface area contributed by atoms with Gasteiger partial charge in [-0.25, -0.2) is 8.42 Å². The number of fused-ring (bicyclic) bond motifs is 1. The number of nitrogens with one attached hydrogen (secondary N) is 3. The Kier molecular flexibility index (Phi) is 4.36. The zero-order valence-electron chi connectivity index (χ0n) is 12.9. The quantitative estimate of drug-likeness (QED) is 0.719. The van der Waals surface area contributed by atoms with Crippen molar-refractivity contribution in [3.63, 3.8) is 0 Å². The Morgan fingerprint density at radius 2 is 2.22 bits per heavy atom. The van der Waals surface area contributed by atoms with Gasteiger partial charge in [0, 0.05) is 18.2 Å². The number of amidine groups is 1. The first-order valence-electron chi connectivity index (χ1n) is 7.68. The number of hydrogen-bond acceptors (Lipinski definition) is 5. The molecule has 8 heteroatoms. The van der Waals surface area contributed by atoms with Crippen molar-refractivity contribution in [1.82, 2.24) is 15.4 Å². The molecule has 2 atom stereocenters. The van der Waals surface area contributed by atoms with E-state index in [1.54, 1.807) is 25.1 Å². The van der Waals surface area contributed by atoms with E-state index in [0.717, 1.165) is 19.4 Å². The first-order valence-corrected chi connectivity index (χ1v) is 9.17. The van der Waals surface area contributed by atoms with E-state index in [-0.39, 0.29) is 16.6 Å². The number of benzene rings is 1. The molecular formula is C15H20N4O3S. The molecular weight excluding hydrogens is 316 g/mol. The van der Waals surface area contributed by atoms with Gasteiger partial charge in [0.25, 0.3) is 10.0 Å². The zero-order chi connectivity index (χ0) is 16.4. The van der Waals surface area contributed by atoms with Crippen molar-refractivity contribution in [3.8, 4) is 0 Å². The van der Waals surface area contributed by atoms with Crippen LogP contribution in [0.1, 0.15) is 25.3 Å². The van der Waals surface area contributed by atoms with E-state index in [0.29, 0.717) is 18.2 Å². The Balaban J connectivity index is 1.70. The highest BCUT2D eigenvalue weighted by atomic mass is 32.2. The van der Waals surface area contributed by atoms with Gasteiger partial charge in [-0.1, -0.05) is 12.1 Å². The minimum absolute atomic E-state index is 0.196. The normalized spacial score (nSPS) is 24.9. The van der Waals surface area contributed by atoms with Crippen LogP contribution in [-0.4, -0.2) is 45.3 Å². The van der Waals surface area contributed by atoms with Crippen LogP contribution in [0.3, 0.4) is 0 Å². The van der Waals surface area contributed by atoms with Crippen LogP contribution in [0.2, 0.25) is 0 Å². The van der Waals surface area contributed by atoms with E-state index in [9.17, 15) is 13.2 Å². The number of amides is 1. The van der Waals surface area contributed by atoms with Crippen LogP contribution in [0.15, 0.2) is 34.2 Å². The molecule has 124 valence electrons. The monoisotopic (exact) mass is 336 g/mol. The number of nitrogens with zero attached hydrogens (tertiary/aromatic N) is 1. The number of carbonyl (C=O) groups is 1. The fourth-order valence-corrected chi connectivity index (χ4v) is 4.02. The maximum Gasteiger partial charge on any atom is 0.263 e. The second-order valence-electron chi connectivity index (χ2n) is 5.79. The fraction of sp³-hybridized carbons (Fsp3) is 0.467. The number of rotatable bonds is 4. The third-order valence-corrected chi connectivity index (χ3v) is 5.45.